The van der Waals surface area contributed by atoms with Crippen LogP contribution in [0.4, 0.5) is 0 Å². The quantitative estimate of drug-likeness (QED) is 0.501. The molecule has 0 N–H and O–H groups in total. The van der Waals surface area contributed by atoms with Crippen molar-refractivity contribution in [2.24, 2.45) is 0 Å². The van der Waals surface area contributed by atoms with Crippen LogP contribution in [0.2, 0.25) is 0 Å². The van der Waals surface area contributed by atoms with E-state index < -0.39 is 0 Å². The molecule has 0 saturated carbocycles. The third kappa shape index (κ3) is 6.46. The van der Waals surface area contributed by atoms with Crippen LogP contribution in [0.5, 0.6) is 0 Å². The largest absolute Gasteiger partial charge is 0.339 e. The fourth-order valence-corrected chi connectivity index (χ4v) is 2.99. The Morgan fingerprint density at radius 1 is 0.955 bits per heavy atom. The van der Waals surface area contributed by atoms with E-state index in [-0.39, 0.29) is 5.91 Å². The molecule has 1 aromatic carbocycles. The molecule has 1 fully saturated rings. The van der Waals surface area contributed by atoms with Crippen molar-refractivity contribution in [3.8, 4) is 0 Å². The van der Waals surface area contributed by atoms with E-state index in [4.69, 9.17) is 0 Å². The minimum Gasteiger partial charge on any atom is -0.339 e. The van der Waals surface area contributed by atoms with Gasteiger partial charge < -0.3 is 4.90 Å². The molecule has 22 heavy (non-hydrogen) atoms. The lowest BCUT2D eigenvalue weighted by Gasteiger charge is -2.25. The van der Waals surface area contributed by atoms with Gasteiger partial charge in [0.1, 0.15) is 0 Å². The maximum atomic E-state index is 11.9. The Labute approximate surface area is 135 Å². The van der Waals surface area contributed by atoms with E-state index >= 15 is 0 Å². The number of amides is 1. The maximum absolute atomic E-state index is 11.9. The van der Waals surface area contributed by atoms with E-state index in [1.165, 1.54) is 56.9 Å². The average Bonchev–Trinajstić information content (AvgIpc) is 2.59. The molecule has 1 aliphatic rings. The minimum atomic E-state index is 0.212. The van der Waals surface area contributed by atoms with Crippen molar-refractivity contribution >= 4 is 5.91 Å². The van der Waals surface area contributed by atoms with E-state index in [9.17, 15) is 4.79 Å². The summed E-state index contributed by atoms with van der Waals surface area (Å²) >= 11 is 0. The Morgan fingerprint density at radius 3 is 2.45 bits per heavy atom. The van der Waals surface area contributed by atoms with Crippen molar-refractivity contribution in [1.82, 2.24) is 4.90 Å². The summed E-state index contributed by atoms with van der Waals surface area (Å²) in [5.41, 5.74) is 1.44. The SMILES string of the molecule is O=C(/C=C\CCCCCCc1ccccc1)N1CCCCC1. The fraction of sp³-hybridized carbons (Fsp3) is 0.550. The Bertz CT molecular complexity index is 446. The fourth-order valence-electron chi connectivity index (χ4n) is 2.99. The van der Waals surface area contributed by atoms with Gasteiger partial charge in [0.15, 0.2) is 0 Å². The number of benzene rings is 1. The first-order valence-corrected chi connectivity index (χ1v) is 8.85. The highest BCUT2D eigenvalue weighted by Crippen LogP contribution is 2.11. The van der Waals surface area contributed by atoms with Gasteiger partial charge in [-0.25, -0.2) is 0 Å². The van der Waals surface area contributed by atoms with Crippen molar-refractivity contribution in [3.05, 3.63) is 48.0 Å². The van der Waals surface area contributed by atoms with Crippen LogP contribution in [0.25, 0.3) is 0 Å². The van der Waals surface area contributed by atoms with Crippen LogP contribution in [0.15, 0.2) is 42.5 Å². The number of carbonyl (C=O) groups is 1. The highest BCUT2D eigenvalue weighted by Gasteiger charge is 2.13. The number of likely N-dealkylation sites (tertiary alicyclic amines) is 1. The summed E-state index contributed by atoms with van der Waals surface area (Å²) in [6.07, 6.45) is 14.7. The number of nitrogens with zero attached hydrogens (tertiary/aromatic N) is 1. The number of rotatable bonds is 8. The molecule has 1 aliphatic heterocycles. The van der Waals surface area contributed by atoms with Crippen molar-refractivity contribution in [2.75, 3.05) is 13.1 Å². The van der Waals surface area contributed by atoms with Crippen molar-refractivity contribution in [3.63, 3.8) is 0 Å². The third-order valence-electron chi connectivity index (χ3n) is 4.36. The first kappa shape index (κ1) is 16.8. The van der Waals surface area contributed by atoms with E-state index in [2.05, 4.69) is 36.4 Å². The molecule has 0 bridgehead atoms. The minimum absolute atomic E-state index is 0.212. The van der Waals surface area contributed by atoms with E-state index in [1.54, 1.807) is 6.08 Å². The zero-order valence-corrected chi connectivity index (χ0v) is 13.7. The first-order valence-electron chi connectivity index (χ1n) is 8.85. The van der Waals surface area contributed by atoms with Gasteiger partial charge in [0.2, 0.25) is 5.91 Å². The molecule has 120 valence electrons. The highest BCUT2D eigenvalue weighted by atomic mass is 16.2. The number of piperidine rings is 1. The van der Waals surface area contributed by atoms with Gasteiger partial charge in [-0.2, -0.15) is 0 Å². The van der Waals surface area contributed by atoms with Crippen molar-refractivity contribution < 1.29 is 4.79 Å². The topological polar surface area (TPSA) is 20.3 Å². The van der Waals surface area contributed by atoms with Crippen LogP contribution in [-0.4, -0.2) is 23.9 Å². The number of hydrogen-bond donors (Lipinski definition) is 0. The molecule has 1 heterocycles. The summed E-state index contributed by atoms with van der Waals surface area (Å²) in [5.74, 6) is 0.212. The number of unbranched alkanes of at least 4 members (excludes halogenated alkanes) is 4. The summed E-state index contributed by atoms with van der Waals surface area (Å²) in [6, 6.07) is 10.7. The van der Waals surface area contributed by atoms with Crippen molar-refractivity contribution in [1.29, 1.82) is 0 Å². The van der Waals surface area contributed by atoms with Gasteiger partial charge >= 0.3 is 0 Å². The molecule has 1 aromatic rings. The molecule has 0 spiro atoms. The highest BCUT2D eigenvalue weighted by molar-refractivity contribution is 5.87. The Kier molecular flexibility index (Phi) is 7.79. The lowest BCUT2D eigenvalue weighted by atomic mass is 10.1. The number of hydrogen-bond acceptors (Lipinski definition) is 1. The lowest BCUT2D eigenvalue weighted by Crippen LogP contribution is -2.34. The summed E-state index contributed by atoms with van der Waals surface area (Å²) < 4.78 is 0. The van der Waals surface area contributed by atoms with E-state index in [0.29, 0.717) is 0 Å². The zero-order valence-electron chi connectivity index (χ0n) is 13.7. The van der Waals surface area contributed by atoms with Crippen LogP contribution in [0, 0.1) is 0 Å². The molecule has 0 unspecified atom stereocenters. The molecule has 0 radical (unpaired) electrons. The van der Waals surface area contributed by atoms with Crippen LogP contribution in [0.3, 0.4) is 0 Å². The van der Waals surface area contributed by atoms with Gasteiger partial charge in [-0.1, -0.05) is 49.2 Å². The molecule has 1 amide bonds. The van der Waals surface area contributed by atoms with Gasteiger partial charge in [-0.3, -0.25) is 4.79 Å². The summed E-state index contributed by atoms with van der Waals surface area (Å²) in [4.78, 5) is 13.9. The van der Waals surface area contributed by atoms with Gasteiger partial charge in [0.05, 0.1) is 0 Å². The normalized spacial score (nSPS) is 15.4. The Morgan fingerprint density at radius 2 is 1.68 bits per heavy atom. The second-order valence-corrected chi connectivity index (χ2v) is 6.23. The number of carbonyl (C=O) groups excluding carboxylic acids is 1. The Hall–Kier alpha value is -1.57. The summed E-state index contributed by atoms with van der Waals surface area (Å²) in [6.45, 7) is 1.89. The second-order valence-electron chi connectivity index (χ2n) is 6.23. The molecule has 0 atom stereocenters. The lowest BCUT2D eigenvalue weighted by molar-refractivity contribution is -0.126. The average molecular weight is 299 g/mol. The van der Waals surface area contributed by atoms with Gasteiger partial charge in [-0.05, 0) is 56.6 Å². The molecule has 2 nitrogen and oxygen atoms in total. The second kappa shape index (κ2) is 10.2. The standard InChI is InChI=1S/C20H29NO/c22-20(21-17-11-6-12-18-21)16-10-4-2-1-3-7-13-19-14-8-5-9-15-19/h5,8-10,14-16H,1-4,6-7,11-13,17-18H2/b16-10-. The molecular formula is C20H29NO. The van der Waals surface area contributed by atoms with Crippen LogP contribution < -0.4 is 0 Å². The van der Waals surface area contributed by atoms with E-state index in [0.717, 1.165) is 19.5 Å². The Balaban J connectivity index is 1.48. The number of allylic oxidation sites excluding steroid dienone is 1. The van der Waals surface area contributed by atoms with Gasteiger partial charge in [0, 0.05) is 13.1 Å². The summed E-state index contributed by atoms with van der Waals surface area (Å²) in [7, 11) is 0. The van der Waals surface area contributed by atoms with Gasteiger partial charge in [0.25, 0.3) is 0 Å². The summed E-state index contributed by atoms with van der Waals surface area (Å²) in [5, 5.41) is 0. The third-order valence-corrected chi connectivity index (χ3v) is 4.36. The van der Waals surface area contributed by atoms with Crippen molar-refractivity contribution in [2.45, 2.75) is 57.8 Å². The predicted octanol–water partition coefficient (Wildman–Crippen LogP) is 4.75. The number of aryl methyl sites for hydroxylation is 1. The molecule has 0 aromatic heterocycles. The molecule has 2 rings (SSSR count). The zero-order chi connectivity index (χ0) is 15.5. The van der Waals surface area contributed by atoms with E-state index in [1.807, 2.05) is 4.90 Å². The smallest absolute Gasteiger partial charge is 0.246 e. The molecule has 0 aliphatic carbocycles. The molecule has 2 heteroatoms. The first-order chi connectivity index (χ1) is 10.9. The molecule has 1 saturated heterocycles. The monoisotopic (exact) mass is 299 g/mol. The van der Waals surface area contributed by atoms with Crippen LogP contribution >= 0.6 is 0 Å². The van der Waals surface area contributed by atoms with Gasteiger partial charge in [-0.15, -0.1) is 0 Å². The predicted molar refractivity (Wildman–Crippen MR) is 92.8 cm³/mol. The van der Waals surface area contributed by atoms with Crippen LogP contribution in [-0.2, 0) is 11.2 Å². The molecular weight excluding hydrogens is 270 g/mol. The van der Waals surface area contributed by atoms with Crippen LogP contribution in [0.1, 0.15) is 56.9 Å². The maximum Gasteiger partial charge on any atom is 0.246 e.